The van der Waals surface area contributed by atoms with Gasteiger partial charge < -0.3 is 0 Å². The summed E-state index contributed by atoms with van der Waals surface area (Å²) in [6.07, 6.45) is 0. The highest BCUT2D eigenvalue weighted by molar-refractivity contribution is 5.57. The Bertz CT molecular complexity index is 640. The third-order valence-electron chi connectivity index (χ3n) is 4.98. The molecule has 2 atom stereocenters. The highest BCUT2D eigenvalue weighted by Crippen LogP contribution is 2.87. The quantitative estimate of drug-likeness (QED) is 0.568. The summed E-state index contributed by atoms with van der Waals surface area (Å²) in [5.74, 6) is -49.3. The molecule has 1 nitrogen and oxygen atoms in total. The lowest BCUT2D eigenvalue weighted by Crippen LogP contribution is -3.05. The zero-order valence-corrected chi connectivity index (χ0v) is 11.1. The lowest BCUT2D eigenvalue weighted by molar-refractivity contribution is -0.587. The van der Waals surface area contributed by atoms with Gasteiger partial charge in [0, 0.05) is 0 Å². The van der Waals surface area contributed by atoms with Crippen molar-refractivity contribution in [1.82, 2.24) is 0 Å². The van der Waals surface area contributed by atoms with Gasteiger partial charge in [-0.2, -0.15) is 31.3 Å². The molecule has 4 rings (SSSR count). The van der Waals surface area contributed by atoms with E-state index < -0.39 is 58.4 Å². The highest BCUT2D eigenvalue weighted by Gasteiger charge is 3.19. The number of halogens is 15. The van der Waals surface area contributed by atoms with Gasteiger partial charge in [-0.15, -0.1) is 0 Å². The van der Waals surface area contributed by atoms with Gasteiger partial charge in [0.2, 0.25) is 0 Å². The Kier molecular flexibility index (Phi) is 2.93. The zero-order valence-electron chi connectivity index (χ0n) is 11.1. The summed E-state index contributed by atoms with van der Waals surface area (Å²) in [5.41, 5.74) is -21.9. The first-order valence-corrected chi connectivity index (χ1v) is 6.00. The number of hydrogen-bond acceptors (Lipinski definition) is 1. The second-order valence-corrected chi connectivity index (χ2v) is 5.90. The van der Waals surface area contributed by atoms with Crippen LogP contribution in [0.15, 0.2) is 0 Å². The van der Waals surface area contributed by atoms with Gasteiger partial charge in [-0.05, 0) is 4.53 Å². The molecule has 4 fully saturated rings. The molecule has 0 heterocycles. The summed E-state index contributed by atoms with van der Waals surface area (Å²) in [7, 11) is 0. The summed E-state index contributed by atoms with van der Waals surface area (Å²) < 4.78 is 206. The van der Waals surface area contributed by atoms with Crippen LogP contribution in [0.2, 0.25) is 0 Å². The third-order valence-corrected chi connectivity index (χ3v) is 4.98. The van der Waals surface area contributed by atoms with Crippen LogP contribution in [-0.4, -0.2) is 52.5 Å². The van der Waals surface area contributed by atoms with Crippen LogP contribution in [0.1, 0.15) is 0 Å². The minimum Gasteiger partial charge on any atom is -0.223 e. The second kappa shape index (κ2) is 3.87. The molecule has 0 N–H and O–H groups in total. The first-order chi connectivity index (χ1) is 11.2. The summed E-state index contributed by atoms with van der Waals surface area (Å²) in [6, 6.07) is 0. The number of alkyl halides is 14. The van der Waals surface area contributed by atoms with Gasteiger partial charge in [0.25, 0.3) is 0 Å². The van der Waals surface area contributed by atoms with Gasteiger partial charge in [0.1, 0.15) is 0 Å². The number of hydrogen-bond donors (Lipinski definition) is 0. The van der Waals surface area contributed by atoms with E-state index in [1.54, 1.807) is 4.94 Å². The first-order valence-electron chi connectivity index (χ1n) is 6.00. The molecule has 0 aromatic heterocycles. The van der Waals surface area contributed by atoms with Gasteiger partial charge in [-0.3, -0.25) is 0 Å². The second-order valence-electron chi connectivity index (χ2n) is 5.90. The molecule has 0 amide bonds. The van der Waals surface area contributed by atoms with Crippen LogP contribution in [0.25, 0.3) is 0 Å². The van der Waals surface area contributed by atoms with Crippen LogP contribution >= 0.6 is 0 Å². The first kappa shape index (κ1) is 19.7. The van der Waals surface area contributed by atoms with Crippen LogP contribution in [0.4, 0.5) is 66.0 Å². The van der Waals surface area contributed by atoms with Crippen molar-refractivity contribution >= 4 is 0 Å². The normalized spacial score (nSPS) is 48.6. The molecule has 26 heavy (non-hydrogen) atoms. The van der Waals surface area contributed by atoms with E-state index in [-0.39, 0.29) is 0 Å². The van der Waals surface area contributed by atoms with Crippen molar-refractivity contribution in [3.05, 3.63) is 5.92 Å². The van der Waals surface area contributed by atoms with Crippen LogP contribution < -0.4 is 0 Å². The molecular formula is C10F15O. The fourth-order valence-electron chi connectivity index (χ4n) is 3.75. The van der Waals surface area contributed by atoms with E-state index in [1.165, 1.54) is 0 Å². The standard InChI is InChI=1S/C10F15O/c11-2(12)1-3(13,14)6(18)8(19,20)5(2,17)9(21,22)7(26-25,4(1,15)16)10(6,23)24. The van der Waals surface area contributed by atoms with E-state index in [0.717, 1.165) is 0 Å². The zero-order chi connectivity index (χ0) is 20.8. The lowest BCUT2D eigenvalue weighted by Gasteiger charge is -2.71. The molecule has 0 spiro atoms. The molecular weight excluding hydrogens is 421 g/mol. The minimum atomic E-state index is -7.68. The van der Waals surface area contributed by atoms with Crippen LogP contribution in [-0.2, 0) is 4.94 Å². The predicted octanol–water partition coefficient (Wildman–Crippen LogP) is 4.47. The topological polar surface area (TPSA) is 9.23 Å². The maximum atomic E-state index is 14.2. The van der Waals surface area contributed by atoms with Crippen molar-refractivity contribution in [2.24, 2.45) is 0 Å². The maximum absolute atomic E-state index is 14.2. The largest absolute Gasteiger partial charge is 0.339 e. The van der Waals surface area contributed by atoms with Crippen LogP contribution in [0.3, 0.4) is 0 Å². The van der Waals surface area contributed by atoms with Gasteiger partial charge in [-0.1, -0.05) is 0 Å². The summed E-state index contributed by atoms with van der Waals surface area (Å²) in [5, 5.41) is 0. The Labute approximate surface area is 131 Å². The Morgan fingerprint density at radius 3 is 1.04 bits per heavy atom. The Hall–Kier alpha value is -1.09. The number of rotatable bonds is 1. The minimum absolute atomic E-state index is 1.56. The van der Waals surface area contributed by atoms with E-state index in [0.29, 0.717) is 0 Å². The molecule has 4 bridgehead atoms. The Morgan fingerprint density at radius 1 is 0.462 bits per heavy atom. The average Bonchev–Trinajstić information content (AvgIpc) is 2.40. The fourth-order valence-corrected chi connectivity index (χ4v) is 3.75. The van der Waals surface area contributed by atoms with Crippen molar-refractivity contribution < 1.29 is 70.9 Å². The van der Waals surface area contributed by atoms with Crippen molar-refractivity contribution in [1.29, 1.82) is 0 Å². The lowest BCUT2D eigenvalue weighted by atomic mass is 9.41. The third kappa shape index (κ3) is 1.08. The fraction of sp³-hybridized carbons (Fsp3) is 0.900. The van der Waals surface area contributed by atoms with Gasteiger partial charge in [-0.25, -0.2) is 35.1 Å². The van der Waals surface area contributed by atoms with E-state index >= 15 is 0 Å². The average molecular weight is 421 g/mol. The van der Waals surface area contributed by atoms with Crippen molar-refractivity contribution in [3.8, 4) is 0 Å². The van der Waals surface area contributed by atoms with Gasteiger partial charge in [0.05, 0.1) is 0 Å². The van der Waals surface area contributed by atoms with Crippen LogP contribution in [0.5, 0.6) is 0 Å². The van der Waals surface area contributed by atoms with E-state index in [9.17, 15) is 66.0 Å². The molecule has 0 aliphatic heterocycles. The Balaban J connectivity index is 2.66. The molecule has 2 unspecified atom stereocenters. The maximum Gasteiger partial charge on any atom is 0.339 e. The monoisotopic (exact) mass is 421 g/mol. The molecule has 151 valence electrons. The SMILES string of the molecule is FOC12C(F)(F)[C]3C(F)(F)C(F)(C(F)(F)C(F)(C3(F)F)C1(F)F)C2(F)F. The molecule has 0 saturated heterocycles. The van der Waals surface area contributed by atoms with Crippen LogP contribution in [0, 0.1) is 5.92 Å². The van der Waals surface area contributed by atoms with Crippen molar-refractivity contribution in [2.45, 2.75) is 52.5 Å². The van der Waals surface area contributed by atoms with Gasteiger partial charge in [0.15, 0.2) is 5.92 Å². The molecule has 4 saturated carbocycles. The molecule has 4 aliphatic rings. The summed E-state index contributed by atoms with van der Waals surface area (Å²) >= 11 is 0. The molecule has 0 aromatic rings. The molecule has 0 aromatic carbocycles. The summed E-state index contributed by atoms with van der Waals surface area (Å²) in [4.78, 5) is 1.56. The predicted molar refractivity (Wildman–Crippen MR) is 45.5 cm³/mol. The molecule has 16 heteroatoms. The van der Waals surface area contributed by atoms with Crippen molar-refractivity contribution in [2.75, 3.05) is 0 Å². The van der Waals surface area contributed by atoms with E-state index in [1.807, 2.05) is 0 Å². The van der Waals surface area contributed by atoms with Gasteiger partial charge >= 0.3 is 52.5 Å². The molecule has 4 aliphatic carbocycles. The highest BCUT2D eigenvalue weighted by atomic mass is 19.3. The van der Waals surface area contributed by atoms with Crippen molar-refractivity contribution in [3.63, 3.8) is 0 Å². The smallest absolute Gasteiger partial charge is 0.223 e. The Morgan fingerprint density at radius 2 is 0.769 bits per heavy atom. The molecule has 1 radical (unpaired) electrons. The summed E-state index contributed by atoms with van der Waals surface area (Å²) in [6.45, 7) is 0. The van der Waals surface area contributed by atoms with E-state index in [4.69, 9.17) is 0 Å². The van der Waals surface area contributed by atoms with E-state index in [2.05, 4.69) is 0 Å².